The van der Waals surface area contributed by atoms with Gasteiger partial charge >= 0.3 is 0 Å². The smallest absolute Gasteiger partial charge is 0.119 e. The molecular formula is C11H17NO2S. The maximum atomic E-state index is 10.8. The van der Waals surface area contributed by atoms with Crippen LogP contribution in [0.3, 0.4) is 0 Å². The lowest BCUT2D eigenvalue weighted by atomic mass is 10.3. The van der Waals surface area contributed by atoms with Crippen molar-refractivity contribution in [3.63, 3.8) is 0 Å². The van der Waals surface area contributed by atoms with Crippen molar-refractivity contribution >= 4 is 16.5 Å². The van der Waals surface area contributed by atoms with Crippen LogP contribution in [0.15, 0.2) is 24.3 Å². The van der Waals surface area contributed by atoms with Gasteiger partial charge < -0.3 is 10.1 Å². The first-order valence-electron chi connectivity index (χ1n) is 4.90. The van der Waals surface area contributed by atoms with Crippen LogP contribution in [0.4, 0.5) is 5.69 Å². The summed E-state index contributed by atoms with van der Waals surface area (Å²) in [5, 5.41) is 3.26. The molecule has 0 saturated heterocycles. The Hall–Kier alpha value is -1.03. The Labute approximate surface area is 93.3 Å². The van der Waals surface area contributed by atoms with Crippen LogP contribution in [0.1, 0.15) is 6.42 Å². The van der Waals surface area contributed by atoms with Crippen LogP contribution in [0.25, 0.3) is 0 Å². The third kappa shape index (κ3) is 4.83. The van der Waals surface area contributed by atoms with Gasteiger partial charge in [0.15, 0.2) is 0 Å². The molecule has 1 aromatic rings. The van der Waals surface area contributed by atoms with Crippen LogP contribution >= 0.6 is 0 Å². The summed E-state index contributed by atoms with van der Waals surface area (Å²) in [6, 6.07) is 7.78. The van der Waals surface area contributed by atoms with E-state index in [0.29, 0.717) is 0 Å². The first-order chi connectivity index (χ1) is 7.22. The van der Waals surface area contributed by atoms with Crippen molar-refractivity contribution in [2.24, 2.45) is 0 Å². The summed E-state index contributed by atoms with van der Waals surface area (Å²) in [5.41, 5.74) is 1.07. The molecule has 0 radical (unpaired) electrons. The molecule has 0 bridgehead atoms. The van der Waals surface area contributed by atoms with Crippen molar-refractivity contribution in [1.29, 1.82) is 0 Å². The van der Waals surface area contributed by atoms with Crippen LogP contribution in [0.5, 0.6) is 5.75 Å². The SMILES string of the molecule is COc1ccc(NCCCS(C)=O)cc1. The second kappa shape index (κ2) is 6.45. The van der Waals surface area contributed by atoms with E-state index in [1.165, 1.54) is 0 Å². The Balaban J connectivity index is 2.28. The van der Waals surface area contributed by atoms with E-state index < -0.39 is 10.8 Å². The van der Waals surface area contributed by atoms with Gasteiger partial charge in [-0.25, -0.2) is 0 Å². The number of anilines is 1. The molecule has 1 rings (SSSR count). The van der Waals surface area contributed by atoms with Gasteiger partial charge in [0.2, 0.25) is 0 Å². The molecule has 1 atom stereocenters. The predicted molar refractivity (Wildman–Crippen MR) is 65.0 cm³/mol. The largest absolute Gasteiger partial charge is 0.497 e. The molecule has 15 heavy (non-hydrogen) atoms. The first kappa shape index (κ1) is 12.0. The molecule has 0 aromatic heterocycles. The summed E-state index contributed by atoms with van der Waals surface area (Å²) in [5.74, 6) is 1.61. The van der Waals surface area contributed by atoms with Gasteiger partial charge in [-0.3, -0.25) is 4.21 Å². The average Bonchev–Trinajstić information content (AvgIpc) is 2.25. The number of ether oxygens (including phenoxy) is 1. The third-order valence-electron chi connectivity index (χ3n) is 2.03. The topological polar surface area (TPSA) is 38.3 Å². The summed E-state index contributed by atoms with van der Waals surface area (Å²) in [6.07, 6.45) is 2.66. The molecular weight excluding hydrogens is 210 g/mol. The van der Waals surface area contributed by atoms with Gasteiger partial charge in [-0.05, 0) is 30.7 Å². The lowest BCUT2D eigenvalue weighted by molar-refractivity contribution is 0.415. The van der Waals surface area contributed by atoms with E-state index in [9.17, 15) is 4.21 Å². The van der Waals surface area contributed by atoms with E-state index in [2.05, 4.69) is 5.32 Å². The summed E-state index contributed by atoms with van der Waals surface area (Å²) in [6.45, 7) is 0.853. The zero-order valence-electron chi connectivity index (χ0n) is 9.16. The molecule has 0 aliphatic heterocycles. The Bertz CT molecular complexity index is 311. The maximum absolute atomic E-state index is 10.8. The van der Waals surface area contributed by atoms with Crippen molar-refractivity contribution in [3.8, 4) is 5.75 Å². The molecule has 0 fully saturated rings. The highest BCUT2D eigenvalue weighted by molar-refractivity contribution is 7.84. The van der Waals surface area contributed by atoms with Gasteiger partial charge in [0.05, 0.1) is 7.11 Å². The predicted octanol–water partition coefficient (Wildman–Crippen LogP) is 1.88. The van der Waals surface area contributed by atoms with E-state index in [4.69, 9.17) is 4.74 Å². The Morgan fingerprint density at radius 1 is 1.33 bits per heavy atom. The number of hydrogen-bond donors (Lipinski definition) is 1. The molecule has 0 aliphatic rings. The fraction of sp³-hybridized carbons (Fsp3) is 0.455. The number of benzene rings is 1. The Kier molecular flexibility index (Phi) is 5.18. The third-order valence-corrected chi connectivity index (χ3v) is 2.89. The standard InChI is InChI=1S/C11H17NO2S/c1-14-11-6-4-10(5-7-11)12-8-3-9-15(2)13/h4-7,12H,3,8-9H2,1-2H3. The van der Waals surface area contributed by atoms with Crippen LogP contribution in [0, 0.1) is 0 Å². The molecule has 84 valence electrons. The van der Waals surface area contributed by atoms with E-state index in [1.54, 1.807) is 13.4 Å². The molecule has 4 heteroatoms. The van der Waals surface area contributed by atoms with Gasteiger partial charge in [0.25, 0.3) is 0 Å². The minimum atomic E-state index is -0.689. The molecule has 3 nitrogen and oxygen atoms in total. The second-order valence-electron chi connectivity index (χ2n) is 3.29. The average molecular weight is 227 g/mol. The van der Waals surface area contributed by atoms with E-state index in [1.807, 2.05) is 24.3 Å². The summed E-state index contributed by atoms with van der Waals surface area (Å²) in [4.78, 5) is 0. The number of nitrogens with one attached hydrogen (secondary N) is 1. The van der Waals surface area contributed by atoms with Crippen LogP contribution in [-0.2, 0) is 10.8 Å². The van der Waals surface area contributed by atoms with E-state index >= 15 is 0 Å². The second-order valence-corrected chi connectivity index (χ2v) is 4.84. The molecule has 0 amide bonds. The monoisotopic (exact) mass is 227 g/mol. The summed E-state index contributed by atoms with van der Waals surface area (Å²) < 4.78 is 15.9. The maximum Gasteiger partial charge on any atom is 0.119 e. The van der Waals surface area contributed by atoms with Gasteiger partial charge in [-0.2, -0.15) is 0 Å². The van der Waals surface area contributed by atoms with Gasteiger partial charge in [-0.15, -0.1) is 0 Å². The highest BCUT2D eigenvalue weighted by Gasteiger charge is 1.94. The molecule has 0 aliphatic carbocycles. The summed E-state index contributed by atoms with van der Waals surface area (Å²) in [7, 11) is 0.963. The van der Waals surface area contributed by atoms with E-state index in [0.717, 1.165) is 30.2 Å². The quantitative estimate of drug-likeness (QED) is 0.754. The van der Waals surface area contributed by atoms with Crippen molar-refractivity contribution in [3.05, 3.63) is 24.3 Å². The van der Waals surface area contributed by atoms with Crippen LogP contribution in [0.2, 0.25) is 0 Å². The van der Waals surface area contributed by atoms with Gasteiger partial charge in [0.1, 0.15) is 5.75 Å². The highest BCUT2D eigenvalue weighted by atomic mass is 32.2. The Morgan fingerprint density at radius 3 is 2.53 bits per heavy atom. The lowest BCUT2D eigenvalue weighted by Gasteiger charge is -2.06. The van der Waals surface area contributed by atoms with Crippen LogP contribution < -0.4 is 10.1 Å². The number of hydrogen-bond acceptors (Lipinski definition) is 3. The van der Waals surface area contributed by atoms with Crippen LogP contribution in [-0.4, -0.2) is 29.9 Å². The van der Waals surface area contributed by atoms with Crippen molar-refractivity contribution in [2.45, 2.75) is 6.42 Å². The fourth-order valence-electron chi connectivity index (χ4n) is 1.22. The molecule has 1 unspecified atom stereocenters. The molecule has 1 aromatic carbocycles. The number of methoxy groups -OCH3 is 1. The number of rotatable bonds is 6. The highest BCUT2D eigenvalue weighted by Crippen LogP contribution is 2.14. The normalized spacial score (nSPS) is 12.1. The zero-order valence-corrected chi connectivity index (χ0v) is 9.97. The minimum Gasteiger partial charge on any atom is -0.497 e. The fourth-order valence-corrected chi connectivity index (χ4v) is 1.77. The molecule has 1 N–H and O–H groups in total. The minimum absolute atomic E-state index is 0.689. The summed E-state index contributed by atoms with van der Waals surface area (Å²) >= 11 is 0. The molecule has 0 spiro atoms. The molecule has 0 saturated carbocycles. The lowest BCUT2D eigenvalue weighted by Crippen LogP contribution is -2.05. The van der Waals surface area contributed by atoms with Crippen molar-refractivity contribution < 1.29 is 8.95 Å². The molecule has 0 heterocycles. The Morgan fingerprint density at radius 2 is 2.00 bits per heavy atom. The zero-order chi connectivity index (χ0) is 11.1. The van der Waals surface area contributed by atoms with Crippen molar-refractivity contribution in [1.82, 2.24) is 0 Å². The van der Waals surface area contributed by atoms with Crippen molar-refractivity contribution in [2.75, 3.05) is 31.0 Å². The van der Waals surface area contributed by atoms with Gasteiger partial charge in [-0.1, -0.05) is 0 Å². The van der Waals surface area contributed by atoms with E-state index in [-0.39, 0.29) is 0 Å². The first-order valence-corrected chi connectivity index (χ1v) is 6.63. The van der Waals surface area contributed by atoms with Gasteiger partial charge in [0, 0.05) is 35.0 Å².